The van der Waals surface area contributed by atoms with Crippen molar-refractivity contribution in [1.29, 1.82) is 0 Å². The van der Waals surface area contributed by atoms with Crippen molar-refractivity contribution >= 4 is 29.7 Å². The summed E-state index contributed by atoms with van der Waals surface area (Å²) in [6.07, 6.45) is 13.9. The van der Waals surface area contributed by atoms with Gasteiger partial charge in [0, 0.05) is 0 Å². The molecule has 0 unspecified atom stereocenters. The third kappa shape index (κ3) is 36.0. The summed E-state index contributed by atoms with van der Waals surface area (Å²) in [5.74, 6) is 0. The van der Waals surface area contributed by atoms with Crippen LogP contribution in [0.1, 0.15) is 71.1 Å². The largest absolute Gasteiger partial charge is 0.338 e. The first kappa shape index (κ1) is 21.2. The molecule has 4 N–H and O–H groups in total. The maximum atomic E-state index is 7.87. The molecule has 0 radical (unpaired) electrons. The van der Waals surface area contributed by atoms with Crippen molar-refractivity contribution in [2.75, 3.05) is 6.54 Å². The van der Waals surface area contributed by atoms with E-state index < -0.39 is 5.69 Å². The third-order valence-electron chi connectivity index (χ3n) is 2.56. The van der Waals surface area contributed by atoms with E-state index >= 15 is 0 Å². The monoisotopic (exact) mass is 315 g/mol. The number of unbranched alkanes of at least 4 members (excludes halogenated alkanes) is 9. The highest BCUT2D eigenvalue weighted by atomic mass is 32.9. The number of thiol groups is 1. The lowest BCUT2D eigenvalue weighted by molar-refractivity contribution is 0.503. The van der Waals surface area contributed by atoms with E-state index in [2.05, 4.69) is 31.0 Å². The Hall–Kier alpha value is 0.880. The van der Waals surface area contributed by atoms with Gasteiger partial charge in [-0.05, 0) is 24.8 Å². The van der Waals surface area contributed by atoms with E-state index in [1.54, 1.807) is 0 Å². The summed E-state index contributed by atoms with van der Waals surface area (Å²) in [6.45, 7) is 3.14. The molecule has 0 aliphatic carbocycles. The zero-order valence-corrected chi connectivity index (χ0v) is 14.2. The number of rotatable bonds is 10. The first-order chi connectivity index (χ1) is 8.41. The Balaban J connectivity index is 0. The molecule has 0 bridgehead atoms. The van der Waals surface area contributed by atoms with Crippen LogP contribution in [-0.4, -0.2) is 16.3 Å². The quantitative estimate of drug-likeness (QED) is 0.279. The normalized spacial score (nSPS) is 10.9. The summed E-state index contributed by atoms with van der Waals surface area (Å²) in [5, 5.41) is 0. The minimum atomic E-state index is -3.11. The summed E-state index contributed by atoms with van der Waals surface area (Å²) < 4.78 is 0. The molecular weight excluding hydrogens is 285 g/mol. The van der Waals surface area contributed by atoms with Crippen LogP contribution in [-0.2, 0) is 11.8 Å². The Morgan fingerprint density at radius 1 is 0.889 bits per heavy atom. The van der Waals surface area contributed by atoms with Crippen molar-refractivity contribution in [3.63, 3.8) is 0 Å². The fourth-order valence-corrected chi connectivity index (χ4v) is 1.63. The summed E-state index contributed by atoms with van der Waals surface area (Å²) in [7, 11) is 0. The summed E-state index contributed by atoms with van der Waals surface area (Å²) in [5.41, 5.74) is 2.31. The van der Waals surface area contributed by atoms with Crippen LogP contribution in [0.2, 0.25) is 0 Å². The molecule has 3 nitrogen and oxygen atoms in total. The van der Waals surface area contributed by atoms with Crippen LogP contribution < -0.4 is 5.73 Å². The number of hydrogen-bond acceptors (Lipinski definition) is 2. The van der Waals surface area contributed by atoms with Gasteiger partial charge < -0.3 is 15.5 Å². The zero-order chi connectivity index (χ0) is 14.3. The molecule has 18 heavy (non-hydrogen) atoms. The van der Waals surface area contributed by atoms with E-state index in [0.717, 1.165) is 6.54 Å². The molecule has 112 valence electrons. The first-order valence-corrected chi connectivity index (χ1v) is 10.8. The second kappa shape index (κ2) is 15.9. The Labute approximate surface area is 123 Å². The average Bonchev–Trinajstić information content (AvgIpc) is 2.25. The van der Waals surface area contributed by atoms with E-state index in [-0.39, 0.29) is 0 Å². The Morgan fingerprint density at radius 3 is 1.44 bits per heavy atom. The summed E-state index contributed by atoms with van der Waals surface area (Å²) in [4.78, 5) is 15.7. The average molecular weight is 315 g/mol. The molecule has 0 heterocycles. The maximum Gasteiger partial charge on any atom is 0.239 e. The van der Waals surface area contributed by atoms with Crippen LogP contribution in [0.25, 0.3) is 0 Å². The highest BCUT2D eigenvalue weighted by Gasteiger charge is 1.91. The zero-order valence-electron chi connectivity index (χ0n) is 11.6. The third-order valence-corrected chi connectivity index (χ3v) is 2.56. The molecule has 0 atom stereocenters. The fraction of sp³-hybridized carbons (Fsp3) is 1.00. The van der Waals surface area contributed by atoms with Gasteiger partial charge in [-0.25, -0.2) is 0 Å². The second-order valence-electron chi connectivity index (χ2n) is 4.48. The van der Waals surface area contributed by atoms with Gasteiger partial charge in [0.1, 0.15) is 0 Å². The SMILES string of the molecule is CCCCCCCCCCCCN.OP(O)(=S)S. The molecule has 0 aromatic heterocycles. The molecule has 0 spiro atoms. The molecule has 0 aliphatic rings. The maximum absolute atomic E-state index is 7.87. The lowest BCUT2D eigenvalue weighted by Crippen LogP contribution is -1.97. The molecule has 0 fully saturated rings. The van der Waals surface area contributed by atoms with E-state index in [1.165, 1.54) is 64.2 Å². The van der Waals surface area contributed by atoms with Crippen LogP contribution in [0.15, 0.2) is 0 Å². The summed E-state index contributed by atoms with van der Waals surface area (Å²) in [6, 6.07) is 0. The van der Waals surface area contributed by atoms with Gasteiger partial charge in [-0.1, -0.05) is 77.0 Å². The van der Waals surface area contributed by atoms with Gasteiger partial charge in [0.15, 0.2) is 0 Å². The molecule has 6 heteroatoms. The van der Waals surface area contributed by atoms with Gasteiger partial charge in [0.25, 0.3) is 0 Å². The highest BCUT2D eigenvalue weighted by molar-refractivity contribution is 8.59. The van der Waals surface area contributed by atoms with Crippen LogP contribution in [0.3, 0.4) is 0 Å². The van der Waals surface area contributed by atoms with E-state index in [0.29, 0.717) is 0 Å². The summed E-state index contributed by atoms with van der Waals surface area (Å²) >= 11 is 7.07. The highest BCUT2D eigenvalue weighted by Crippen LogP contribution is 2.39. The smallest absolute Gasteiger partial charge is 0.239 e. The van der Waals surface area contributed by atoms with Gasteiger partial charge in [0.05, 0.1) is 0 Å². The molecule has 0 aromatic carbocycles. The molecular formula is C12H30NO2PS2. The first-order valence-electron chi connectivity index (χ1n) is 6.90. The molecule has 0 rings (SSSR count). The predicted octanol–water partition coefficient (Wildman–Crippen LogP) is 3.99. The van der Waals surface area contributed by atoms with Crippen molar-refractivity contribution in [2.24, 2.45) is 5.73 Å². The van der Waals surface area contributed by atoms with Crippen molar-refractivity contribution in [2.45, 2.75) is 71.1 Å². The lowest BCUT2D eigenvalue weighted by Gasteiger charge is -2.00. The minimum Gasteiger partial charge on any atom is -0.338 e. The molecule has 0 aliphatic heterocycles. The predicted molar refractivity (Wildman–Crippen MR) is 88.6 cm³/mol. The number of nitrogens with two attached hydrogens (primary N) is 1. The molecule has 0 amide bonds. The van der Waals surface area contributed by atoms with E-state index in [4.69, 9.17) is 15.5 Å². The van der Waals surface area contributed by atoms with Gasteiger partial charge in [-0.15, -0.1) is 0 Å². The Bertz CT molecular complexity index is 182. The van der Waals surface area contributed by atoms with Gasteiger partial charge >= 0.3 is 0 Å². The van der Waals surface area contributed by atoms with Crippen LogP contribution >= 0.6 is 17.9 Å². The van der Waals surface area contributed by atoms with Gasteiger partial charge in [0.2, 0.25) is 5.69 Å². The van der Waals surface area contributed by atoms with Crippen molar-refractivity contribution in [3.05, 3.63) is 0 Å². The minimum absolute atomic E-state index is 0.872. The van der Waals surface area contributed by atoms with Crippen molar-refractivity contribution < 1.29 is 9.79 Å². The molecule has 0 saturated heterocycles. The van der Waals surface area contributed by atoms with Gasteiger partial charge in [-0.3, -0.25) is 0 Å². The molecule has 0 aromatic rings. The van der Waals surface area contributed by atoms with E-state index in [1.807, 2.05) is 0 Å². The van der Waals surface area contributed by atoms with E-state index in [9.17, 15) is 0 Å². The van der Waals surface area contributed by atoms with Crippen molar-refractivity contribution in [1.82, 2.24) is 0 Å². The fourth-order valence-electron chi connectivity index (χ4n) is 1.63. The Morgan fingerprint density at radius 2 is 1.17 bits per heavy atom. The molecule has 0 saturated carbocycles. The number of hydrogen-bond donors (Lipinski definition) is 4. The van der Waals surface area contributed by atoms with Gasteiger partial charge in [-0.2, -0.15) is 0 Å². The van der Waals surface area contributed by atoms with Crippen LogP contribution in [0.5, 0.6) is 0 Å². The van der Waals surface area contributed by atoms with Crippen LogP contribution in [0.4, 0.5) is 0 Å². The standard InChI is InChI=1S/C12H27N.H3O2PS2/c1-2-3-4-5-6-7-8-9-10-11-12-13;1-3(2,4)5/h2-13H2,1H3;(H3,1,2,4,5). The second-order valence-corrected chi connectivity index (χ2v) is 9.52. The lowest BCUT2D eigenvalue weighted by atomic mass is 10.1. The van der Waals surface area contributed by atoms with Crippen LogP contribution in [0, 0.1) is 0 Å². The Kier molecular flexibility index (Phi) is 18.8. The topological polar surface area (TPSA) is 66.5 Å². The van der Waals surface area contributed by atoms with Crippen molar-refractivity contribution in [3.8, 4) is 0 Å².